The predicted molar refractivity (Wildman–Crippen MR) is 108 cm³/mol. The highest BCUT2D eigenvalue weighted by molar-refractivity contribution is 5.54. The third kappa shape index (κ3) is 2.93. The average molecular weight is 364 g/mol. The second kappa shape index (κ2) is 6.88. The van der Waals surface area contributed by atoms with Crippen molar-refractivity contribution in [3.05, 3.63) is 53.5 Å². The van der Waals surface area contributed by atoms with Gasteiger partial charge in [0.15, 0.2) is 0 Å². The number of rotatable bonds is 2. The van der Waals surface area contributed by atoms with Gasteiger partial charge >= 0.3 is 0 Å². The molecule has 0 radical (unpaired) electrons. The van der Waals surface area contributed by atoms with Crippen molar-refractivity contribution in [3.8, 4) is 0 Å². The van der Waals surface area contributed by atoms with Crippen LogP contribution < -0.4 is 16.0 Å². The smallest absolute Gasteiger partial charge is 0.135 e. The van der Waals surface area contributed by atoms with Crippen molar-refractivity contribution in [2.24, 2.45) is 11.7 Å². The highest BCUT2D eigenvalue weighted by Gasteiger charge is 2.39. The van der Waals surface area contributed by atoms with Crippen LogP contribution in [0.15, 0.2) is 36.7 Å². The van der Waals surface area contributed by atoms with Crippen LogP contribution in [0, 0.1) is 5.92 Å². The lowest BCUT2D eigenvalue weighted by Gasteiger charge is -2.31. The number of benzene rings is 1. The van der Waals surface area contributed by atoms with Crippen molar-refractivity contribution < 1.29 is 0 Å². The third-order valence-electron chi connectivity index (χ3n) is 6.78. The van der Waals surface area contributed by atoms with Gasteiger partial charge in [-0.2, -0.15) is 0 Å². The molecule has 3 N–H and O–H groups in total. The van der Waals surface area contributed by atoms with Crippen molar-refractivity contribution in [2.75, 3.05) is 24.5 Å². The summed E-state index contributed by atoms with van der Waals surface area (Å²) < 4.78 is 0. The standard InChI is InChI=1S/C22H29N5/c23-22(17-8-2-1-3-9-17)11-5-4-10-18-20(22)25-15-26-21(18)27-13-16-7-6-12-24-19(16)14-27/h1-3,8-9,15-16,19,24H,4-7,10-14,23H2/t16-,19+,22?/m1/s1. The summed E-state index contributed by atoms with van der Waals surface area (Å²) in [7, 11) is 0. The van der Waals surface area contributed by atoms with E-state index in [1.165, 1.54) is 18.4 Å². The molecule has 0 spiro atoms. The van der Waals surface area contributed by atoms with E-state index in [0.717, 1.165) is 68.3 Å². The van der Waals surface area contributed by atoms with E-state index in [1.807, 2.05) is 0 Å². The second-order valence-corrected chi connectivity index (χ2v) is 8.44. The van der Waals surface area contributed by atoms with Gasteiger partial charge in [0.2, 0.25) is 0 Å². The maximum Gasteiger partial charge on any atom is 0.135 e. The summed E-state index contributed by atoms with van der Waals surface area (Å²) in [4.78, 5) is 12.0. The summed E-state index contributed by atoms with van der Waals surface area (Å²) in [6.07, 6.45) is 8.58. The molecule has 5 nitrogen and oxygen atoms in total. The number of nitrogens with two attached hydrogens (primary N) is 1. The van der Waals surface area contributed by atoms with Crippen LogP contribution in [0.1, 0.15) is 48.9 Å². The van der Waals surface area contributed by atoms with Crippen molar-refractivity contribution >= 4 is 5.82 Å². The Morgan fingerprint density at radius 2 is 1.96 bits per heavy atom. The van der Waals surface area contributed by atoms with E-state index in [9.17, 15) is 0 Å². The first-order valence-electron chi connectivity index (χ1n) is 10.4. The highest BCUT2D eigenvalue weighted by Crippen LogP contribution is 2.40. The quantitative estimate of drug-likeness (QED) is 0.803. The van der Waals surface area contributed by atoms with Gasteiger partial charge in [-0.1, -0.05) is 36.8 Å². The molecule has 3 atom stereocenters. The van der Waals surface area contributed by atoms with E-state index in [4.69, 9.17) is 15.7 Å². The minimum atomic E-state index is -0.518. The van der Waals surface area contributed by atoms with E-state index in [0.29, 0.717) is 6.04 Å². The maximum absolute atomic E-state index is 7.06. The number of piperidine rings is 1. The number of hydrogen-bond acceptors (Lipinski definition) is 5. The molecular formula is C22H29N5. The monoisotopic (exact) mass is 363 g/mol. The molecule has 0 saturated carbocycles. The topological polar surface area (TPSA) is 67.1 Å². The Morgan fingerprint density at radius 3 is 2.81 bits per heavy atom. The molecule has 0 amide bonds. The largest absolute Gasteiger partial charge is 0.354 e. The third-order valence-corrected chi connectivity index (χ3v) is 6.78. The Labute approximate surface area is 161 Å². The number of nitrogens with zero attached hydrogens (tertiary/aromatic N) is 3. The Kier molecular flexibility index (Phi) is 4.37. The van der Waals surface area contributed by atoms with Crippen LogP contribution in [0.2, 0.25) is 0 Å². The number of aromatic nitrogens is 2. The Bertz CT molecular complexity index is 794. The van der Waals surface area contributed by atoms with Crippen molar-refractivity contribution in [3.63, 3.8) is 0 Å². The first kappa shape index (κ1) is 17.1. The highest BCUT2D eigenvalue weighted by atomic mass is 15.3. The normalized spacial score (nSPS) is 30.5. The molecular weight excluding hydrogens is 334 g/mol. The molecule has 2 fully saturated rings. The minimum absolute atomic E-state index is 0.518. The van der Waals surface area contributed by atoms with Gasteiger partial charge in [-0.15, -0.1) is 0 Å². The molecule has 1 aliphatic carbocycles. The lowest BCUT2D eigenvalue weighted by Crippen LogP contribution is -2.41. The Morgan fingerprint density at radius 1 is 1.07 bits per heavy atom. The molecule has 0 bridgehead atoms. The molecule has 1 aromatic heterocycles. The summed E-state index contributed by atoms with van der Waals surface area (Å²) in [5.41, 5.74) is 10.0. The van der Waals surface area contributed by atoms with Crippen molar-refractivity contribution in [2.45, 2.75) is 50.1 Å². The van der Waals surface area contributed by atoms with Gasteiger partial charge in [-0.05, 0) is 50.1 Å². The van der Waals surface area contributed by atoms with Crippen LogP contribution >= 0.6 is 0 Å². The second-order valence-electron chi connectivity index (χ2n) is 8.44. The van der Waals surface area contributed by atoms with E-state index < -0.39 is 5.54 Å². The Hall–Kier alpha value is -1.98. The molecule has 3 aliphatic rings. The van der Waals surface area contributed by atoms with Gasteiger partial charge in [0.25, 0.3) is 0 Å². The zero-order valence-electron chi connectivity index (χ0n) is 15.9. The average Bonchev–Trinajstić information content (AvgIpc) is 3.07. The van der Waals surface area contributed by atoms with Crippen LogP contribution in [0.3, 0.4) is 0 Å². The molecule has 3 heterocycles. The fourth-order valence-electron chi connectivity index (χ4n) is 5.35. The van der Waals surface area contributed by atoms with Crippen LogP contribution in [-0.2, 0) is 12.0 Å². The first-order valence-corrected chi connectivity index (χ1v) is 10.4. The van der Waals surface area contributed by atoms with E-state index in [2.05, 4.69) is 40.5 Å². The van der Waals surface area contributed by atoms with E-state index in [1.54, 1.807) is 6.33 Å². The number of hydrogen-bond donors (Lipinski definition) is 2. The van der Waals surface area contributed by atoms with Gasteiger partial charge in [-0.25, -0.2) is 9.97 Å². The van der Waals surface area contributed by atoms with Crippen LogP contribution in [0.5, 0.6) is 0 Å². The molecule has 1 aromatic carbocycles. The molecule has 2 aliphatic heterocycles. The van der Waals surface area contributed by atoms with E-state index >= 15 is 0 Å². The predicted octanol–water partition coefficient (Wildman–Crippen LogP) is 2.59. The summed E-state index contributed by atoms with van der Waals surface area (Å²) in [6.45, 7) is 3.30. The summed E-state index contributed by atoms with van der Waals surface area (Å²) in [5.74, 6) is 1.87. The SMILES string of the molecule is NC1(c2ccccc2)CCCCc2c(N3C[C@H]4CCCN[C@H]4C3)ncnc21. The van der Waals surface area contributed by atoms with Gasteiger partial charge in [-0.3, -0.25) is 0 Å². The fourth-order valence-corrected chi connectivity index (χ4v) is 5.35. The lowest BCUT2D eigenvalue weighted by atomic mass is 9.83. The van der Waals surface area contributed by atoms with Crippen LogP contribution in [-0.4, -0.2) is 35.6 Å². The van der Waals surface area contributed by atoms with Crippen molar-refractivity contribution in [1.82, 2.24) is 15.3 Å². The molecule has 1 unspecified atom stereocenters. The van der Waals surface area contributed by atoms with Gasteiger partial charge < -0.3 is 16.0 Å². The summed E-state index contributed by atoms with van der Waals surface area (Å²) in [6, 6.07) is 11.1. The van der Waals surface area contributed by atoms with Gasteiger partial charge in [0.05, 0.1) is 11.2 Å². The molecule has 2 aromatic rings. The zero-order chi connectivity index (χ0) is 18.3. The minimum Gasteiger partial charge on any atom is -0.354 e. The van der Waals surface area contributed by atoms with Crippen LogP contribution in [0.4, 0.5) is 5.82 Å². The number of anilines is 1. The fraction of sp³-hybridized carbons (Fsp3) is 0.545. The van der Waals surface area contributed by atoms with Gasteiger partial charge in [0.1, 0.15) is 12.1 Å². The Balaban J connectivity index is 1.56. The number of fused-ring (bicyclic) bond motifs is 2. The van der Waals surface area contributed by atoms with Crippen LogP contribution in [0.25, 0.3) is 0 Å². The van der Waals surface area contributed by atoms with Crippen molar-refractivity contribution in [1.29, 1.82) is 0 Å². The number of nitrogens with one attached hydrogen (secondary N) is 1. The van der Waals surface area contributed by atoms with Gasteiger partial charge in [0, 0.05) is 24.7 Å². The summed E-state index contributed by atoms with van der Waals surface area (Å²) in [5, 5.41) is 3.71. The summed E-state index contributed by atoms with van der Waals surface area (Å²) >= 11 is 0. The zero-order valence-corrected chi connectivity index (χ0v) is 15.9. The molecule has 2 saturated heterocycles. The molecule has 142 valence electrons. The molecule has 5 rings (SSSR count). The molecule has 27 heavy (non-hydrogen) atoms. The van der Waals surface area contributed by atoms with E-state index in [-0.39, 0.29) is 0 Å². The first-order chi connectivity index (χ1) is 13.3. The lowest BCUT2D eigenvalue weighted by molar-refractivity contribution is 0.340. The maximum atomic E-state index is 7.06. The molecule has 5 heteroatoms.